The van der Waals surface area contributed by atoms with Gasteiger partial charge in [0, 0.05) is 6.07 Å². The van der Waals surface area contributed by atoms with Crippen LogP contribution in [0, 0.1) is 0 Å². The Bertz CT molecular complexity index is 412. The van der Waals surface area contributed by atoms with Gasteiger partial charge in [-0.3, -0.25) is 9.59 Å². The fourth-order valence-electron chi connectivity index (χ4n) is 0.764. The lowest BCUT2D eigenvalue weighted by molar-refractivity contribution is -0.123. The van der Waals surface area contributed by atoms with Crippen molar-refractivity contribution in [3.63, 3.8) is 0 Å². The molecule has 0 radical (unpaired) electrons. The van der Waals surface area contributed by atoms with Crippen LogP contribution < -0.4 is 10.9 Å². The maximum absolute atomic E-state index is 11.7. The number of nitrogens with one attached hydrogen (secondary N) is 2. The molecule has 1 aromatic heterocycles. The van der Waals surface area contributed by atoms with Gasteiger partial charge in [-0.1, -0.05) is 0 Å². The van der Waals surface area contributed by atoms with Crippen molar-refractivity contribution >= 4 is 5.91 Å². The van der Waals surface area contributed by atoms with Crippen molar-refractivity contribution in [3.8, 4) is 0 Å². The fraction of sp³-hybridized carbons (Fsp3) is 0.286. The minimum atomic E-state index is -4.49. The molecule has 15 heavy (non-hydrogen) atoms. The van der Waals surface area contributed by atoms with E-state index in [1.165, 1.54) is 0 Å². The molecule has 82 valence electrons. The number of H-pyrrole nitrogens is 1. The molecule has 0 unspecified atom stereocenters. The summed E-state index contributed by atoms with van der Waals surface area (Å²) in [4.78, 5) is 27.3. The van der Waals surface area contributed by atoms with Crippen LogP contribution in [-0.2, 0) is 0 Å². The summed E-state index contributed by atoms with van der Waals surface area (Å²) in [5, 5.41) is 1.59. The maximum atomic E-state index is 11.7. The number of alkyl halides is 3. The van der Waals surface area contributed by atoms with Gasteiger partial charge in [0.05, 0.1) is 6.33 Å². The van der Waals surface area contributed by atoms with Gasteiger partial charge < -0.3 is 10.3 Å². The van der Waals surface area contributed by atoms with Crippen molar-refractivity contribution in [2.75, 3.05) is 6.54 Å². The van der Waals surface area contributed by atoms with Crippen LogP contribution in [0.5, 0.6) is 0 Å². The Morgan fingerprint density at radius 3 is 2.73 bits per heavy atom. The summed E-state index contributed by atoms with van der Waals surface area (Å²) >= 11 is 0. The van der Waals surface area contributed by atoms with Crippen LogP contribution in [0.3, 0.4) is 0 Å². The Kier molecular flexibility index (Phi) is 3.08. The van der Waals surface area contributed by atoms with Gasteiger partial charge in [-0.05, 0) is 0 Å². The lowest BCUT2D eigenvalue weighted by Crippen LogP contribution is -2.34. The first-order valence-corrected chi connectivity index (χ1v) is 3.78. The smallest absolute Gasteiger partial charge is 0.342 e. The van der Waals surface area contributed by atoms with E-state index < -0.39 is 24.2 Å². The van der Waals surface area contributed by atoms with Crippen molar-refractivity contribution in [1.29, 1.82) is 0 Å². The van der Waals surface area contributed by atoms with Crippen molar-refractivity contribution < 1.29 is 18.0 Å². The average molecular weight is 221 g/mol. The predicted octanol–water partition coefficient (Wildman–Crippen LogP) is 0.0620. The van der Waals surface area contributed by atoms with Gasteiger partial charge in [0.25, 0.3) is 11.5 Å². The molecule has 5 nitrogen and oxygen atoms in total. The minimum absolute atomic E-state index is 0.358. The Hall–Kier alpha value is -1.86. The molecule has 0 fully saturated rings. The predicted molar refractivity (Wildman–Crippen MR) is 43.2 cm³/mol. The van der Waals surface area contributed by atoms with Crippen LogP contribution in [0.15, 0.2) is 17.2 Å². The third-order valence-corrected chi connectivity index (χ3v) is 1.36. The number of carbonyl (C=O) groups excluding carboxylic acids is 1. The molecule has 0 aliphatic carbocycles. The molecule has 1 amide bonds. The van der Waals surface area contributed by atoms with Gasteiger partial charge in [-0.25, -0.2) is 4.98 Å². The number of rotatable bonds is 2. The number of aromatic amines is 1. The van der Waals surface area contributed by atoms with Crippen molar-refractivity contribution in [2.24, 2.45) is 0 Å². The third kappa shape index (κ3) is 3.79. The van der Waals surface area contributed by atoms with E-state index >= 15 is 0 Å². The van der Waals surface area contributed by atoms with Crippen molar-refractivity contribution in [2.45, 2.75) is 6.18 Å². The van der Waals surface area contributed by atoms with E-state index in [9.17, 15) is 22.8 Å². The molecule has 0 aliphatic rings. The van der Waals surface area contributed by atoms with E-state index in [-0.39, 0.29) is 5.69 Å². The summed E-state index contributed by atoms with van der Waals surface area (Å²) in [6, 6.07) is 0.811. The normalized spacial score (nSPS) is 11.1. The van der Waals surface area contributed by atoms with Gasteiger partial charge in [0.15, 0.2) is 0 Å². The molecule has 2 N–H and O–H groups in total. The molecule has 0 bridgehead atoms. The Labute approximate surface area is 81.3 Å². The summed E-state index contributed by atoms with van der Waals surface area (Å²) in [6.07, 6.45) is -3.55. The fourth-order valence-corrected chi connectivity index (χ4v) is 0.764. The largest absolute Gasteiger partial charge is 0.405 e. The summed E-state index contributed by atoms with van der Waals surface area (Å²) in [7, 11) is 0. The summed E-state index contributed by atoms with van der Waals surface area (Å²) in [5.41, 5.74) is -0.967. The topological polar surface area (TPSA) is 74.8 Å². The molecule has 0 atom stereocenters. The molecule has 0 saturated carbocycles. The van der Waals surface area contributed by atoms with E-state index in [0.29, 0.717) is 0 Å². The lowest BCUT2D eigenvalue weighted by Gasteiger charge is -2.07. The standard InChI is InChI=1S/C7H6F3N3O2/c8-7(9,10)2-11-6(15)4-1-5(14)13-3-12-4/h1,3H,2H2,(H,11,15)(H,12,13,14). The van der Waals surface area contributed by atoms with E-state index in [1.54, 1.807) is 5.32 Å². The zero-order valence-electron chi connectivity index (χ0n) is 7.26. The van der Waals surface area contributed by atoms with Crippen LogP contribution >= 0.6 is 0 Å². The average Bonchev–Trinajstić information content (AvgIpc) is 2.13. The molecule has 0 aliphatic heterocycles. The van der Waals surface area contributed by atoms with E-state index in [0.717, 1.165) is 12.4 Å². The highest BCUT2D eigenvalue weighted by Gasteiger charge is 2.28. The molecule has 1 aromatic rings. The number of halogens is 3. The van der Waals surface area contributed by atoms with Crippen LogP contribution in [0.1, 0.15) is 10.5 Å². The molecule has 0 spiro atoms. The number of hydrogen-bond donors (Lipinski definition) is 2. The first-order valence-electron chi connectivity index (χ1n) is 3.78. The molecule has 1 rings (SSSR count). The second kappa shape index (κ2) is 4.11. The van der Waals surface area contributed by atoms with Gasteiger partial charge in [-0.15, -0.1) is 0 Å². The zero-order valence-corrected chi connectivity index (χ0v) is 7.26. The summed E-state index contributed by atoms with van der Waals surface area (Å²) < 4.78 is 35.1. The second-order valence-electron chi connectivity index (χ2n) is 2.59. The summed E-state index contributed by atoms with van der Waals surface area (Å²) in [6.45, 7) is -1.46. The zero-order chi connectivity index (χ0) is 11.5. The lowest BCUT2D eigenvalue weighted by atomic mass is 10.4. The quantitative estimate of drug-likeness (QED) is 0.741. The van der Waals surface area contributed by atoms with Crippen LogP contribution in [-0.4, -0.2) is 28.6 Å². The number of carbonyl (C=O) groups is 1. The monoisotopic (exact) mass is 221 g/mol. The number of hydrogen-bond acceptors (Lipinski definition) is 3. The maximum Gasteiger partial charge on any atom is 0.405 e. The SMILES string of the molecule is O=C(NCC(F)(F)F)c1cc(=O)[nH]cn1. The van der Waals surface area contributed by atoms with Crippen LogP contribution in [0.4, 0.5) is 13.2 Å². The van der Waals surface area contributed by atoms with Gasteiger partial charge in [-0.2, -0.15) is 13.2 Å². The highest BCUT2D eigenvalue weighted by molar-refractivity contribution is 5.92. The molecular weight excluding hydrogens is 215 g/mol. The van der Waals surface area contributed by atoms with Crippen molar-refractivity contribution in [1.82, 2.24) is 15.3 Å². The van der Waals surface area contributed by atoms with Gasteiger partial charge >= 0.3 is 6.18 Å². The van der Waals surface area contributed by atoms with Crippen LogP contribution in [0.25, 0.3) is 0 Å². The van der Waals surface area contributed by atoms with Gasteiger partial charge in [0.1, 0.15) is 12.2 Å². The Morgan fingerprint density at radius 2 is 2.20 bits per heavy atom. The molecule has 1 heterocycles. The molecule has 0 saturated heterocycles. The summed E-state index contributed by atoms with van der Waals surface area (Å²) in [5.74, 6) is -1.04. The molecule has 0 aromatic carbocycles. The van der Waals surface area contributed by atoms with E-state index in [4.69, 9.17) is 0 Å². The second-order valence-corrected chi connectivity index (χ2v) is 2.59. The third-order valence-electron chi connectivity index (χ3n) is 1.36. The van der Waals surface area contributed by atoms with Crippen molar-refractivity contribution in [3.05, 3.63) is 28.4 Å². The number of amides is 1. The number of aromatic nitrogens is 2. The Morgan fingerprint density at radius 1 is 1.53 bits per heavy atom. The highest BCUT2D eigenvalue weighted by atomic mass is 19.4. The van der Waals surface area contributed by atoms with Gasteiger partial charge in [0.2, 0.25) is 0 Å². The molecular formula is C7H6F3N3O2. The first kappa shape index (κ1) is 11.2. The van der Waals surface area contributed by atoms with Crippen LogP contribution in [0.2, 0.25) is 0 Å². The number of nitrogens with zero attached hydrogens (tertiary/aromatic N) is 1. The first-order chi connectivity index (χ1) is 6.88. The highest BCUT2D eigenvalue weighted by Crippen LogP contribution is 2.12. The van der Waals surface area contributed by atoms with E-state index in [2.05, 4.69) is 9.97 Å². The molecule has 8 heteroatoms. The van der Waals surface area contributed by atoms with E-state index in [1.807, 2.05) is 0 Å². The minimum Gasteiger partial charge on any atom is -0.342 e. The Balaban J connectivity index is 2.66.